The zero-order valence-electron chi connectivity index (χ0n) is 18.4. The summed E-state index contributed by atoms with van der Waals surface area (Å²) in [5.41, 5.74) is -4.28. The number of ether oxygens (including phenoxy) is 2. The molecule has 3 aromatic carbocycles. The second kappa shape index (κ2) is 9.44. The van der Waals surface area contributed by atoms with Crippen LogP contribution >= 0.6 is 0 Å². The highest BCUT2D eigenvalue weighted by molar-refractivity contribution is 5.69. The van der Waals surface area contributed by atoms with Gasteiger partial charge in [-0.05, 0) is 48.5 Å². The molecule has 0 aliphatic rings. The van der Waals surface area contributed by atoms with E-state index in [-0.39, 0.29) is 23.1 Å². The molecule has 4 rings (SSSR count). The maximum absolute atomic E-state index is 13.2. The van der Waals surface area contributed by atoms with Gasteiger partial charge in [-0.1, -0.05) is 5.16 Å². The fourth-order valence-electron chi connectivity index (χ4n) is 3.19. The molecule has 1 heterocycles. The molecule has 1 aromatic heterocycles. The molecular weight excluding hydrogens is 512 g/mol. The van der Waals surface area contributed by atoms with Crippen LogP contribution in [0.5, 0.6) is 17.2 Å². The number of alkyl halides is 6. The van der Waals surface area contributed by atoms with Crippen LogP contribution in [-0.4, -0.2) is 22.2 Å². The fraction of sp³-hybridized carbons (Fsp3) is 0.130. The number of aromatic nitrogens is 2. The van der Waals surface area contributed by atoms with Crippen LogP contribution in [-0.2, 0) is 12.4 Å². The Morgan fingerprint density at radius 2 is 1.46 bits per heavy atom. The summed E-state index contributed by atoms with van der Waals surface area (Å²) in [6, 6.07) is 10.4. The molecule has 37 heavy (non-hydrogen) atoms. The van der Waals surface area contributed by atoms with Crippen molar-refractivity contribution in [2.24, 2.45) is 0 Å². The van der Waals surface area contributed by atoms with Gasteiger partial charge in [0.2, 0.25) is 5.82 Å². The van der Waals surface area contributed by atoms with Gasteiger partial charge in [0, 0.05) is 17.7 Å². The van der Waals surface area contributed by atoms with E-state index in [1.807, 2.05) is 0 Å². The molecule has 0 bridgehead atoms. The Morgan fingerprint density at radius 1 is 0.865 bits per heavy atom. The highest BCUT2D eigenvalue weighted by Crippen LogP contribution is 2.40. The Kier molecular flexibility index (Phi) is 6.50. The van der Waals surface area contributed by atoms with Crippen molar-refractivity contribution in [3.8, 4) is 40.1 Å². The zero-order valence-corrected chi connectivity index (χ0v) is 18.4. The Bertz CT molecular complexity index is 1420. The quantitative estimate of drug-likeness (QED) is 0.150. The molecule has 8 nitrogen and oxygen atoms in total. The molecule has 0 amide bonds. The number of hydrogen-bond acceptors (Lipinski definition) is 7. The Labute approximate surface area is 203 Å². The van der Waals surface area contributed by atoms with Gasteiger partial charge in [-0.2, -0.15) is 31.3 Å². The summed E-state index contributed by atoms with van der Waals surface area (Å²) < 4.78 is 95.2. The van der Waals surface area contributed by atoms with Crippen molar-refractivity contribution in [3.05, 3.63) is 81.9 Å². The second-order valence-electron chi connectivity index (χ2n) is 7.43. The Morgan fingerprint density at radius 3 is 2.00 bits per heavy atom. The van der Waals surface area contributed by atoms with Crippen LogP contribution in [0, 0.1) is 10.1 Å². The maximum Gasteiger partial charge on any atom is 0.416 e. The van der Waals surface area contributed by atoms with E-state index in [1.165, 1.54) is 25.3 Å². The number of nitro benzene ring substituents is 1. The molecule has 4 aromatic rings. The fourth-order valence-corrected chi connectivity index (χ4v) is 3.19. The predicted molar refractivity (Wildman–Crippen MR) is 115 cm³/mol. The molecule has 0 aliphatic carbocycles. The van der Waals surface area contributed by atoms with E-state index in [0.29, 0.717) is 17.9 Å². The third-order valence-corrected chi connectivity index (χ3v) is 4.96. The molecule has 14 heteroatoms. The van der Waals surface area contributed by atoms with E-state index in [0.717, 1.165) is 12.1 Å². The SMILES string of the molecule is COc1ccc(Oc2ccc([N+](=O)[O-])cc2-c2nc(-c3cc(C(F)(F)F)cc(C(F)(F)F)c3)no2)cc1. The van der Waals surface area contributed by atoms with Crippen molar-refractivity contribution >= 4 is 5.69 Å². The lowest BCUT2D eigenvalue weighted by Crippen LogP contribution is -2.11. The van der Waals surface area contributed by atoms with E-state index in [1.54, 1.807) is 12.1 Å². The van der Waals surface area contributed by atoms with Crippen molar-refractivity contribution in [1.29, 1.82) is 0 Å². The smallest absolute Gasteiger partial charge is 0.416 e. The largest absolute Gasteiger partial charge is 0.497 e. The van der Waals surface area contributed by atoms with Crippen LogP contribution in [0.2, 0.25) is 0 Å². The highest BCUT2D eigenvalue weighted by Gasteiger charge is 2.37. The minimum Gasteiger partial charge on any atom is -0.497 e. The monoisotopic (exact) mass is 525 g/mol. The number of methoxy groups -OCH3 is 1. The number of rotatable bonds is 6. The van der Waals surface area contributed by atoms with Crippen LogP contribution < -0.4 is 9.47 Å². The minimum atomic E-state index is -5.08. The molecule has 0 atom stereocenters. The molecule has 192 valence electrons. The zero-order chi connectivity index (χ0) is 27.0. The summed E-state index contributed by atoms with van der Waals surface area (Å²) in [4.78, 5) is 14.5. The molecule has 0 saturated heterocycles. The lowest BCUT2D eigenvalue weighted by atomic mass is 10.0. The number of non-ortho nitro benzene ring substituents is 1. The van der Waals surface area contributed by atoms with Gasteiger partial charge in [0.15, 0.2) is 0 Å². The molecule has 0 N–H and O–H groups in total. The first kappa shape index (κ1) is 25.5. The van der Waals surface area contributed by atoms with E-state index in [9.17, 15) is 36.5 Å². The summed E-state index contributed by atoms with van der Waals surface area (Å²) in [5, 5.41) is 14.8. The van der Waals surface area contributed by atoms with Crippen molar-refractivity contribution in [3.63, 3.8) is 0 Å². The number of halogens is 6. The first-order chi connectivity index (χ1) is 17.3. The standard InChI is InChI=1S/C23H13F6N3O5/c1-35-16-3-5-17(6-4-16)36-19-7-2-15(32(33)34)11-18(19)21-30-20(31-37-21)12-8-13(22(24,25)26)10-14(9-12)23(27,28)29/h2-11H,1H3. The number of hydrogen-bond donors (Lipinski definition) is 0. The predicted octanol–water partition coefficient (Wildman–Crippen LogP) is 7.15. The highest BCUT2D eigenvalue weighted by atomic mass is 19.4. The third-order valence-electron chi connectivity index (χ3n) is 4.96. The molecule has 0 unspecified atom stereocenters. The molecule has 0 spiro atoms. The number of benzene rings is 3. The van der Waals surface area contributed by atoms with Gasteiger partial charge in [0.25, 0.3) is 11.6 Å². The number of nitro groups is 1. The van der Waals surface area contributed by atoms with Crippen molar-refractivity contribution in [2.45, 2.75) is 12.4 Å². The average molecular weight is 525 g/mol. The van der Waals surface area contributed by atoms with Crippen molar-refractivity contribution in [2.75, 3.05) is 7.11 Å². The van der Waals surface area contributed by atoms with Crippen LogP contribution in [0.3, 0.4) is 0 Å². The summed E-state index contributed by atoms with van der Waals surface area (Å²) >= 11 is 0. The van der Waals surface area contributed by atoms with Gasteiger partial charge in [-0.15, -0.1) is 0 Å². The van der Waals surface area contributed by atoms with Gasteiger partial charge >= 0.3 is 12.4 Å². The Balaban J connectivity index is 1.79. The Hall–Kier alpha value is -4.62. The summed E-state index contributed by atoms with van der Waals surface area (Å²) in [6.07, 6.45) is -10.2. The van der Waals surface area contributed by atoms with E-state index >= 15 is 0 Å². The number of nitrogens with zero attached hydrogens (tertiary/aromatic N) is 3. The lowest BCUT2D eigenvalue weighted by molar-refractivity contribution is -0.384. The average Bonchev–Trinajstić information content (AvgIpc) is 3.33. The van der Waals surface area contributed by atoms with Gasteiger partial charge in [-0.3, -0.25) is 10.1 Å². The first-order valence-corrected chi connectivity index (χ1v) is 10.1. The van der Waals surface area contributed by atoms with Crippen LogP contribution in [0.1, 0.15) is 11.1 Å². The van der Waals surface area contributed by atoms with Crippen LogP contribution in [0.25, 0.3) is 22.8 Å². The maximum atomic E-state index is 13.2. The summed E-state index contributed by atoms with van der Waals surface area (Å²) in [5.74, 6) is -0.242. The third kappa shape index (κ3) is 5.63. The van der Waals surface area contributed by atoms with Crippen LogP contribution in [0.4, 0.5) is 32.0 Å². The van der Waals surface area contributed by atoms with Crippen LogP contribution in [0.15, 0.2) is 65.2 Å². The summed E-state index contributed by atoms with van der Waals surface area (Å²) in [7, 11) is 1.46. The minimum absolute atomic E-state index is 0.00834. The molecule has 0 radical (unpaired) electrons. The summed E-state index contributed by atoms with van der Waals surface area (Å²) in [6.45, 7) is 0. The van der Waals surface area contributed by atoms with E-state index < -0.39 is 51.4 Å². The van der Waals surface area contributed by atoms with Crippen molar-refractivity contribution < 1.29 is 45.3 Å². The van der Waals surface area contributed by atoms with Gasteiger partial charge in [-0.25, -0.2) is 0 Å². The van der Waals surface area contributed by atoms with E-state index in [4.69, 9.17) is 14.0 Å². The van der Waals surface area contributed by atoms with Crippen molar-refractivity contribution in [1.82, 2.24) is 10.1 Å². The molecule has 0 fully saturated rings. The van der Waals surface area contributed by atoms with Gasteiger partial charge < -0.3 is 14.0 Å². The molecular formula is C23H13F6N3O5. The van der Waals surface area contributed by atoms with Gasteiger partial charge in [0.1, 0.15) is 17.2 Å². The molecule has 0 saturated carbocycles. The second-order valence-corrected chi connectivity index (χ2v) is 7.43. The molecule has 0 aliphatic heterocycles. The topological polar surface area (TPSA) is 101 Å². The lowest BCUT2D eigenvalue weighted by Gasteiger charge is -2.12. The van der Waals surface area contributed by atoms with Gasteiger partial charge in [0.05, 0.1) is 28.7 Å². The first-order valence-electron chi connectivity index (χ1n) is 10.1. The normalized spacial score (nSPS) is 11.9. The van der Waals surface area contributed by atoms with E-state index in [2.05, 4.69) is 10.1 Å².